The number of nitrogens with one attached hydrogen (secondary N) is 1. The van der Waals surface area contributed by atoms with E-state index in [4.69, 9.17) is 9.47 Å². The molecule has 186 valence electrons. The minimum absolute atomic E-state index is 0.0935. The molecule has 0 saturated carbocycles. The number of anilines is 2. The summed E-state index contributed by atoms with van der Waals surface area (Å²) in [6, 6.07) is 9.50. The molecule has 12 heteroatoms. The lowest BCUT2D eigenvalue weighted by atomic mass is 10.1. The normalized spacial score (nSPS) is 15.1. The molecule has 3 rings (SSSR count). The molecule has 2 aromatic carbocycles. The van der Waals surface area contributed by atoms with Gasteiger partial charge in [-0.25, -0.2) is 16.8 Å². The van der Waals surface area contributed by atoms with E-state index in [1.807, 2.05) is 13.0 Å². The Morgan fingerprint density at radius 3 is 2.35 bits per heavy atom. The highest BCUT2D eigenvalue weighted by molar-refractivity contribution is 7.92. The predicted octanol–water partition coefficient (Wildman–Crippen LogP) is 1.74. The predicted molar refractivity (Wildman–Crippen MR) is 129 cm³/mol. The van der Waals surface area contributed by atoms with Crippen molar-refractivity contribution < 1.29 is 31.1 Å². The molecule has 1 aliphatic heterocycles. The van der Waals surface area contributed by atoms with Crippen LogP contribution in [0, 0.1) is 13.8 Å². The lowest BCUT2D eigenvalue weighted by molar-refractivity contribution is -0.114. The number of rotatable bonds is 8. The van der Waals surface area contributed by atoms with Crippen LogP contribution >= 0.6 is 0 Å². The summed E-state index contributed by atoms with van der Waals surface area (Å²) >= 11 is 0. The van der Waals surface area contributed by atoms with Crippen LogP contribution in [0.15, 0.2) is 41.3 Å². The van der Waals surface area contributed by atoms with E-state index >= 15 is 0 Å². The van der Waals surface area contributed by atoms with Crippen molar-refractivity contribution in [2.45, 2.75) is 18.7 Å². The fourth-order valence-electron chi connectivity index (χ4n) is 3.68. The second kappa shape index (κ2) is 10.3. The highest BCUT2D eigenvalue weighted by Gasteiger charge is 2.30. The molecule has 0 radical (unpaired) electrons. The van der Waals surface area contributed by atoms with Crippen molar-refractivity contribution in [3.05, 3.63) is 47.5 Å². The van der Waals surface area contributed by atoms with E-state index in [2.05, 4.69) is 5.32 Å². The number of hydrogen-bond acceptors (Lipinski definition) is 7. The number of hydrogen-bond donors (Lipinski definition) is 1. The van der Waals surface area contributed by atoms with Crippen molar-refractivity contribution in [2.75, 3.05) is 55.8 Å². The zero-order valence-electron chi connectivity index (χ0n) is 19.6. The fourth-order valence-corrected chi connectivity index (χ4v) is 6.18. The Morgan fingerprint density at radius 2 is 1.76 bits per heavy atom. The van der Waals surface area contributed by atoms with Crippen LogP contribution in [0.2, 0.25) is 0 Å². The third kappa shape index (κ3) is 5.87. The molecule has 0 unspecified atom stereocenters. The smallest absolute Gasteiger partial charge is 0.246 e. The maximum absolute atomic E-state index is 13.2. The standard InChI is InChI=1S/C22H29N3O7S2/c1-16-5-7-19(17(2)13-16)25(33(4,27)28)15-22(26)23-18-6-8-20(31-3)21(14-18)34(29,30)24-9-11-32-12-10-24/h5-8,13-14H,9-12,15H2,1-4H3,(H,23,26). The van der Waals surface area contributed by atoms with Gasteiger partial charge in [-0.15, -0.1) is 0 Å². The van der Waals surface area contributed by atoms with Gasteiger partial charge in [-0.05, 0) is 43.7 Å². The first-order valence-electron chi connectivity index (χ1n) is 10.5. The van der Waals surface area contributed by atoms with E-state index in [1.165, 1.54) is 29.6 Å². The molecule has 1 heterocycles. The Hall–Kier alpha value is -2.67. The summed E-state index contributed by atoms with van der Waals surface area (Å²) in [4.78, 5) is 12.7. The van der Waals surface area contributed by atoms with Gasteiger partial charge in [0.05, 0.1) is 32.3 Å². The average molecular weight is 512 g/mol. The van der Waals surface area contributed by atoms with Gasteiger partial charge < -0.3 is 14.8 Å². The summed E-state index contributed by atoms with van der Waals surface area (Å²) in [5.41, 5.74) is 2.27. The third-order valence-corrected chi connectivity index (χ3v) is 8.39. The second-order valence-electron chi connectivity index (χ2n) is 7.99. The third-order valence-electron chi connectivity index (χ3n) is 5.34. The van der Waals surface area contributed by atoms with Crippen LogP contribution in [0.3, 0.4) is 0 Å². The number of carbonyl (C=O) groups excluding carboxylic acids is 1. The van der Waals surface area contributed by atoms with Gasteiger partial charge in [0.15, 0.2) is 0 Å². The number of methoxy groups -OCH3 is 1. The SMILES string of the molecule is COc1ccc(NC(=O)CN(c2ccc(C)cc2C)S(C)(=O)=O)cc1S(=O)(=O)N1CCOCC1. The molecule has 34 heavy (non-hydrogen) atoms. The largest absolute Gasteiger partial charge is 0.495 e. The van der Waals surface area contributed by atoms with Crippen molar-refractivity contribution in [3.63, 3.8) is 0 Å². The fraction of sp³-hybridized carbons (Fsp3) is 0.409. The Balaban J connectivity index is 1.87. The zero-order valence-corrected chi connectivity index (χ0v) is 21.2. The van der Waals surface area contributed by atoms with Crippen LogP contribution < -0.4 is 14.4 Å². The van der Waals surface area contributed by atoms with E-state index in [-0.39, 0.29) is 42.6 Å². The first-order valence-corrected chi connectivity index (χ1v) is 13.8. The number of aryl methyl sites for hydroxylation is 2. The quantitative estimate of drug-likeness (QED) is 0.573. The summed E-state index contributed by atoms with van der Waals surface area (Å²) in [5, 5.41) is 2.60. The summed E-state index contributed by atoms with van der Waals surface area (Å²) in [7, 11) is -6.29. The van der Waals surface area contributed by atoms with Crippen LogP contribution in [0.1, 0.15) is 11.1 Å². The second-order valence-corrected chi connectivity index (χ2v) is 11.8. The average Bonchev–Trinajstić information content (AvgIpc) is 2.78. The van der Waals surface area contributed by atoms with Gasteiger partial charge >= 0.3 is 0 Å². The van der Waals surface area contributed by atoms with Gasteiger partial charge in [0.25, 0.3) is 0 Å². The minimum atomic E-state index is -3.89. The molecule has 1 amide bonds. The van der Waals surface area contributed by atoms with Crippen LogP contribution in [0.5, 0.6) is 5.75 Å². The molecule has 1 saturated heterocycles. The van der Waals surface area contributed by atoms with E-state index in [1.54, 1.807) is 19.1 Å². The Morgan fingerprint density at radius 1 is 1.09 bits per heavy atom. The molecular formula is C22H29N3O7S2. The molecule has 0 spiro atoms. The first kappa shape index (κ1) is 25.9. The molecular weight excluding hydrogens is 482 g/mol. The number of benzene rings is 2. The van der Waals surface area contributed by atoms with Crippen LogP contribution in [0.25, 0.3) is 0 Å². The maximum Gasteiger partial charge on any atom is 0.246 e. The Labute approximate surface area is 200 Å². The number of morpholine rings is 1. The van der Waals surface area contributed by atoms with E-state index in [0.717, 1.165) is 16.1 Å². The summed E-state index contributed by atoms with van der Waals surface area (Å²) in [6.45, 7) is 4.18. The van der Waals surface area contributed by atoms with Gasteiger partial charge in [0.2, 0.25) is 26.0 Å². The van der Waals surface area contributed by atoms with Crippen molar-refractivity contribution in [2.24, 2.45) is 0 Å². The number of nitrogens with zero attached hydrogens (tertiary/aromatic N) is 2. The van der Waals surface area contributed by atoms with Gasteiger partial charge in [-0.3, -0.25) is 9.10 Å². The lowest BCUT2D eigenvalue weighted by Crippen LogP contribution is -2.40. The molecule has 0 bridgehead atoms. The molecule has 1 fully saturated rings. The highest BCUT2D eigenvalue weighted by atomic mass is 32.2. The van der Waals surface area contributed by atoms with Crippen molar-refractivity contribution >= 4 is 37.3 Å². The summed E-state index contributed by atoms with van der Waals surface area (Å²) in [5.74, 6) is -0.483. The molecule has 10 nitrogen and oxygen atoms in total. The van der Waals surface area contributed by atoms with Crippen LogP contribution in [0.4, 0.5) is 11.4 Å². The van der Waals surface area contributed by atoms with Gasteiger partial charge in [0.1, 0.15) is 17.2 Å². The van der Waals surface area contributed by atoms with Gasteiger partial charge in [-0.2, -0.15) is 4.31 Å². The zero-order chi connectivity index (χ0) is 25.1. The molecule has 1 aliphatic rings. The van der Waals surface area contributed by atoms with Crippen molar-refractivity contribution in [1.29, 1.82) is 0 Å². The summed E-state index contributed by atoms with van der Waals surface area (Å²) < 4.78 is 64.0. The van der Waals surface area contributed by atoms with E-state index < -0.39 is 32.5 Å². The molecule has 0 atom stereocenters. The first-order chi connectivity index (χ1) is 15.9. The minimum Gasteiger partial charge on any atom is -0.495 e. The number of amides is 1. The Kier molecular flexibility index (Phi) is 7.86. The topological polar surface area (TPSA) is 122 Å². The highest BCUT2D eigenvalue weighted by Crippen LogP contribution is 2.30. The lowest BCUT2D eigenvalue weighted by Gasteiger charge is -2.27. The monoisotopic (exact) mass is 511 g/mol. The van der Waals surface area contributed by atoms with Crippen molar-refractivity contribution in [3.8, 4) is 5.75 Å². The Bertz CT molecular complexity index is 1270. The molecule has 2 aromatic rings. The van der Waals surface area contributed by atoms with Crippen molar-refractivity contribution in [1.82, 2.24) is 4.31 Å². The summed E-state index contributed by atoms with van der Waals surface area (Å²) in [6.07, 6.45) is 1.03. The molecule has 1 N–H and O–H groups in total. The molecule has 0 aromatic heterocycles. The number of carbonyl (C=O) groups is 1. The van der Waals surface area contributed by atoms with Crippen LogP contribution in [-0.4, -0.2) is 73.3 Å². The molecule has 0 aliphatic carbocycles. The maximum atomic E-state index is 13.2. The number of ether oxygens (including phenoxy) is 2. The van der Waals surface area contributed by atoms with E-state index in [9.17, 15) is 21.6 Å². The van der Waals surface area contributed by atoms with Gasteiger partial charge in [-0.1, -0.05) is 17.7 Å². The van der Waals surface area contributed by atoms with Gasteiger partial charge in [0, 0.05) is 18.8 Å². The number of sulfonamides is 2. The van der Waals surface area contributed by atoms with Crippen LogP contribution in [-0.2, 0) is 29.6 Å². The van der Waals surface area contributed by atoms with E-state index in [0.29, 0.717) is 11.3 Å².